The number of nitrogens with zero attached hydrogens (tertiary/aromatic N) is 4. The van der Waals surface area contributed by atoms with E-state index in [0.29, 0.717) is 6.04 Å². The summed E-state index contributed by atoms with van der Waals surface area (Å²) in [7, 11) is 0. The molecule has 4 heteroatoms. The Morgan fingerprint density at radius 3 is 2.86 bits per heavy atom. The quantitative estimate of drug-likeness (QED) is 0.686. The Morgan fingerprint density at radius 1 is 1.14 bits per heavy atom. The van der Waals surface area contributed by atoms with Gasteiger partial charge in [-0.3, -0.25) is 0 Å². The van der Waals surface area contributed by atoms with Crippen LogP contribution in [0.5, 0.6) is 0 Å². The van der Waals surface area contributed by atoms with Gasteiger partial charge in [-0.05, 0) is 12.8 Å². The van der Waals surface area contributed by atoms with Crippen LogP contribution < -0.4 is 0 Å². The van der Waals surface area contributed by atoms with Crippen LogP contribution in [0.15, 0.2) is 18.9 Å². The standard InChI is InChI=1S/C10H12N4/c1-2-4-8(3-1)14-5-9-10(13-7-14)12-6-11-9/h5-8H,1-4H2. The van der Waals surface area contributed by atoms with Gasteiger partial charge < -0.3 is 4.57 Å². The molecule has 0 aromatic heterocycles. The molecule has 0 aromatic carbocycles. The Bertz CT molecular complexity index is 403. The van der Waals surface area contributed by atoms with E-state index in [1.54, 1.807) is 6.33 Å². The Balaban J connectivity index is 2.01. The zero-order valence-electron chi connectivity index (χ0n) is 7.93. The number of hydrogen-bond acceptors (Lipinski definition) is 3. The molecule has 0 unspecified atom stereocenters. The molecule has 1 saturated carbocycles. The van der Waals surface area contributed by atoms with Crippen LogP contribution >= 0.6 is 0 Å². The Morgan fingerprint density at radius 2 is 2.00 bits per heavy atom. The summed E-state index contributed by atoms with van der Waals surface area (Å²) < 4.78 is 2.18. The van der Waals surface area contributed by atoms with E-state index in [2.05, 4.69) is 25.7 Å². The van der Waals surface area contributed by atoms with Gasteiger partial charge in [0.05, 0.1) is 6.33 Å². The monoisotopic (exact) mass is 188 g/mol. The fourth-order valence-electron chi connectivity index (χ4n) is 2.16. The smallest absolute Gasteiger partial charge is 0.182 e. The number of imidazole rings is 1. The average molecular weight is 188 g/mol. The first-order valence-electron chi connectivity index (χ1n) is 5.08. The van der Waals surface area contributed by atoms with Crippen LogP contribution in [0.25, 0.3) is 11.5 Å². The minimum absolute atomic E-state index is 0.628. The lowest BCUT2D eigenvalue weighted by Crippen LogP contribution is -2.06. The third kappa shape index (κ3) is 1.18. The summed E-state index contributed by atoms with van der Waals surface area (Å²) in [5, 5.41) is 0. The lowest BCUT2D eigenvalue weighted by atomic mass is 10.2. The molecule has 14 heavy (non-hydrogen) atoms. The zero-order valence-corrected chi connectivity index (χ0v) is 7.93. The van der Waals surface area contributed by atoms with Crippen molar-refractivity contribution in [3.63, 3.8) is 0 Å². The maximum Gasteiger partial charge on any atom is 0.182 e. The van der Waals surface area contributed by atoms with Crippen molar-refractivity contribution in [2.75, 3.05) is 0 Å². The van der Waals surface area contributed by atoms with Crippen molar-refractivity contribution in [1.29, 1.82) is 0 Å². The normalized spacial score (nSPS) is 18.0. The van der Waals surface area contributed by atoms with Crippen molar-refractivity contribution in [1.82, 2.24) is 19.5 Å². The Kier molecular flexibility index (Phi) is 1.72. The topological polar surface area (TPSA) is 43.6 Å². The predicted octanol–water partition coefficient (Wildman–Crippen LogP) is 1.89. The van der Waals surface area contributed by atoms with Crippen molar-refractivity contribution < 1.29 is 0 Å². The number of fused-ring (bicyclic) bond motifs is 1. The van der Waals surface area contributed by atoms with Gasteiger partial charge in [-0.25, -0.2) is 15.0 Å². The lowest BCUT2D eigenvalue weighted by molar-refractivity contribution is 0.508. The van der Waals surface area contributed by atoms with E-state index < -0.39 is 0 Å². The van der Waals surface area contributed by atoms with Gasteiger partial charge in [-0.2, -0.15) is 0 Å². The van der Waals surface area contributed by atoms with Crippen molar-refractivity contribution in [2.24, 2.45) is 0 Å². The molecular formula is C10H12N4. The van der Waals surface area contributed by atoms with Crippen LogP contribution in [0.1, 0.15) is 31.7 Å². The van der Waals surface area contributed by atoms with E-state index in [9.17, 15) is 0 Å². The van der Waals surface area contributed by atoms with E-state index in [-0.39, 0.29) is 0 Å². The van der Waals surface area contributed by atoms with Gasteiger partial charge in [0.1, 0.15) is 12.0 Å². The second kappa shape index (κ2) is 3.04. The molecule has 0 atom stereocenters. The molecule has 0 saturated heterocycles. The van der Waals surface area contributed by atoms with Crippen molar-refractivity contribution in [3.8, 4) is 11.5 Å². The molecule has 1 aliphatic carbocycles. The van der Waals surface area contributed by atoms with Gasteiger partial charge >= 0.3 is 0 Å². The molecule has 3 rings (SSSR count). The highest BCUT2D eigenvalue weighted by atomic mass is 15.1. The van der Waals surface area contributed by atoms with Crippen LogP contribution in [0.2, 0.25) is 0 Å². The Labute approximate surface area is 82.4 Å². The molecule has 0 N–H and O–H groups in total. The average Bonchev–Trinajstić information content (AvgIpc) is 2.88. The molecule has 2 heterocycles. The largest absolute Gasteiger partial charge is 0.334 e. The summed E-state index contributed by atoms with van der Waals surface area (Å²) in [6.45, 7) is 0. The van der Waals surface area contributed by atoms with E-state index >= 15 is 0 Å². The molecule has 0 aromatic rings. The molecule has 0 radical (unpaired) electrons. The second-order valence-electron chi connectivity index (χ2n) is 3.84. The van der Waals surface area contributed by atoms with Gasteiger partial charge in [0.2, 0.25) is 0 Å². The summed E-state index contributed by atoms with van der Waals surface area (Å²) in [4.78, 5) is 12.5. The SMILES string of the molecule is c1nc2cn(C3CCCC3)cnc-2n1. The Hall–Kier alpha value is -1.45. The lowest BCUT2D eigenvalue weighted by Gasteiger charge is -2.13. The molecule has 0 spiro atoms. The van der Waals surface area contributed by atoms with Gasteiger partial charge in [0.25, 0.3) is 0 Å². The summed E-state index contributed by atoms with van der Waals surface area (Å²) >= 11 is 0. The third-order valence-corrected chi connectivity index (χ3v) is 2.94. The van der Waals surface area contributed by atoms with E-state index in [1.807, 2.05) is 6.33 Å². The summed E-state index contributed by atoms with van der Waals surface area (Å²) in [5.74, 6) is 0.749. The molecule has 3 aliphatic rings. The minimum atomic E-state index is 0.628. The van der Waals surface area contributed by atoms with Gasteiger partial charge in [0, 0.05) is 12.2 Å². The van der Waals surface area contributed by atoms with E-state index in [0.717, 1.165) is 11.5 Å². The molecule has 0 amide bonds. The van der Waals surface area contributed by atoms with Crippen LogP contribution in [-0.2, 0) is 0 Å². The third-order valence-electron chi connectivity index (χ3n) is 2.94. The highest BCUT2D eigenvalue weighted by molar-refractivity contribution is 5.47. The number of hydrogen-bond donors (Lipinski definition) is 0. The highest BCUT2D eigenvalue weighted by Gasteiger charge is 2.17. The summed E-state index contributed by atoms with van der Waals surface area (Å²) in [6, 6.07) is 0.628. The first kappa shape index (κ1) is 7.91. The molecule has 4 nitrogen and oxygen atoms in total. The first-order chi connectivity index (χ1) is 6.93. The minimum Gasteiger partial charge on any atom is -0.334 e. The van der Waals surface area contributed by atoms with Crippen molar-refractivity contribution in [3.05, 3.63) is 18.9 Å². The maximum atomic E-state index is 4.28. The fraction of sp³-hybridized carbons (Fsp3) is 0.500. The molecular weight excluding hydrogens is 176 g/mol. The fourth-order valence-corrected chi connectivity index (χ4v) is 2.16. The number of aromatic nitrogens is 4. The second-order valence-corrected chi connectivity index (χ2v) is 3.84. The van der Waals surface area contributed by atoms with E-state index in [4.69, 9.17) is 0 Å². The van der Waals surface area contributed by atoms with Gasteiger partial charge in [-0.1, -0.05) is 12.8 Å². The van der Waals surface area contributed by atoms with Crippen molar-refractivity contribution >= 4 is 0 Å². The molecule has 1 fully saturated rings. The molecule has 72 valence electrons. The number of rotatable bonds is 1. The van der Waals surface area contributed by atoms with E-state index in [1.165, 1.54) is 25.7 Å². The van der Waals surface area contributed by atoms with Gasteiger partial charge in [-0.15, -0.1) is 0 Å². The maximum absolute atomic E-state index is 4.28. The van der Waals surface area contributed by atoms with Crippen LogP contribution in [0.4, 0.5) is 0 Å². The molecule has 2 aliphatic heterocycles. The first-order valence-corrected chi connectivity index (χ1v) is 5.08. The summed E-state index contributed by atoms with van der Waals surface area (Å²) in [5.41, 5.74) is 0.902. The summed E-state index contributed by atoms with van der Waals surface area (Å²) in [6.07, 6.45) is 10.7. The highest BCUT2D eigenvalue weighted by Crippen LogP contribution is 2.29. The van der Waals surface area contributed by atoms with Crippen molar-refractivity contribution in [2.45, 2.75) is 31.7 Å². The zero-order chi connectivity index (χ0) is 9.38. The van der Waals surface area contributed by atoms with Crippen LogP contribution in [-0.4, -0.2) is 19.5 Å². The van der Waals surface area contributed by atoms with Crippen LogP contribution in [0, 0.1) is 0 Å². The van der Waals surface area contributed by atoms with Crippen LogP contribution in [0.3, 0.4) is 0 Å². The van der Waals surface area contributed by atoms with Gasteiger partial charge in [0.15, 0.2) is 5.82 Å². The predicted molar refractivity (Wildman–Crippen MR) is 51.9 cm³/mol. The molecule has 0 bridgehead atoms.